The number of hydrogen-bond acceptors (Lipinski definition) is 9. The minimum absolute atomic E-state index is 0.143. The van der Waals surface area contributed by atoms with Gasteiger partial charge in [0.1, 0.15) is 0 Å². The summed E-state index contributed by atoms with van der Waals surface area (Å²) >= 11 is 0. The van der Waals surface area contributed by atoms with Crippen molar-refractivity contribution in [3.8, 4) is 0 Å². The van der Waals surface area contributed by atoms with E-state index in [0.717, 1.165) is 66.0 Å². The van der Waals surface area contributed by atoms with Crippen LogP contribution in [0.3, 0.4) is 0 Å². The van der Waals surface area contributed by atoms with E-state index in [0.29, 0.717) is 26.2 Å². The van der Waals surface area contributed by atoms with E-state index in [-0.39, 0.29) is 6.04 Å². The van der Waals surface area contributed by atoms with Crippen LogP contribution in [0, 0.1) is 0 Å². The molecule has 4 N–H and O–H groups in total. The maximum Gasteiger partial charge on any atom is 0.211 e. The lowest BCUT2D eigenvalue weighted by Crippen LogP contribution is -2.36. The van der Waals surface area contributed by atoms with Crippen molar-refractivity contribution < 1.29 is 20.4 Å². The number of anilines is 6. The van der Waals surface area contributed by atoms with Crippen LogP contribution in [0.15, 0.2) is 121 Å². The molecular weight excluding hydrogens is 845 g/mol. The molecule has 0 saturated carbocycles. The van der Waals surface area contributed by atoms with Gasteiger partial charge < -0.3 is 44.9 Å². The average Bonchev–Trinajstić information content (AvgIpc) is 3.32. The highest BCUT2D eigenvalue weighted by Crippen LogP contribution is 2.35. The number of hydrogen-bond donors (Lipinski definition) is 4. The Labute approximate surface area is 410 Å². The first-order chi connectivity index (χ1) is 32.8. The Morgan fingerprint density at radius 1 is 0.397 bits per heavy atom. The topological polar surface area (TPSA) is 100 Å². The van der Waals surface area contributed by atoms with Crippen molar-refractivity contribution in [1.29, 1.82) is 0 Å². The molecule has 0 radical (unpaired) electrons. The van der Waals surface area contributed by atoms with Crippen LogP contribution in [0.4, 0.5) is 45.5 Å². The molecule has 0 spiro atoms. The van der Waals surface area contributed by atoms with Crippen molar-refractivity contribution in [1.82, 2.24) is 4.58 Å². The molecule has 1 aliphatic rings. The van der Waals surface area contributed by atoms with Crippen LogP contribution in [0.25, 0.3) is 0 Å². The van der Waals surface area contributed by atoms with E-state index in [1.165, 1.54) is 62.7 Å². The van der Waals surface area contributed by atoms with Gasteiger partial charge in [-0.2, -0.15) is 4.58 Å². The molecule has 4 unspecified atom stereocenters. The van der Waals surface area contributed by atoms with E-state index in [4.69, 9.17) is 0 Å². The van der Waals surface area contributed by atoms with Gasteiger partial charge in [-0.1, -0.05) is 65.5 Å². The summed E-state index contributed by atoms with van der Waals surface area (Å²) in [5.41, 5.74) is 9.61. The van der Waals surface area contributed by atoms with Gasteiger partial charge >= 0.3 is 0 Å². The van der Waals surface area contributed by atoms with Gasteiger partial charge in [-0.05, 0) is 126 Å². The average molecular weight is 930 g/mol. The lowest BCUT2D eigenvalue weighted by atomic mass is 10.0. The minimum atomic E-state index is -0.554. The van der Waals surface area contributed by atoms with E-state index < -0.39 is 24.4 Å². The normalized spacial score (nSPS) is 15.2. The third-order valence-electron chi connectivity index (χ3n) is 12.5. The minimum Gasteiger partial charge on any atom is -0.392 e. The molecule has 10 heteroatoms. The lowest BCUT2D eigenvalue weighted by Gasteiger charge is -2.33. The van der Waals surface area contributed by atoms with Crippen molar-refractivity contribution in [2.45, 2.75) is 137 Å². The Morgan fingerprint density at radius 2 is 0.662 bits per heavy atom. The van der Waals surface area contributed by atoms with E-state index in [9.17, 15) is 20.4 Å². The van der Waals surface area contributed by atoms with Gasteiger partial charge in [0.05, 0.1) is 30.5 Å². The highest BCUT2D eigenvalue weighted by Gasteiger charge is 2.26. The fourth-order valence-corrected chi connectivity index (χ4v) is 9.03. The molecular formula is C58H85N6O4+. The zero-order valence-corrected chi connectivity index (χ0v) is 42.7. The number of rotatable bonds is 29. The maximum atomic E-state index is 10.3. The molecule has 0 aromatic heterocycles. The summed E-state index contributed by atoms with van der Waals surface area (Å²) in [5.74, 6) is 0. The van der Waals surface area contributed by atoms with Gasteiger partial charge in [0.25, 0.3) is 0 Å². The highest BCUT2D eigenvalue weighted by atomic mass is 16.3. The second-order valence-electron chi connectivity index (χ2n) is 19.0. The summed E-state index contributed by atoms with van der Waals surface area (Å²) in [6, 6.07) is 34.8. The third-order valence-corrected chi connectivity index (χ3v) is 12.5. The predicted molar refractivity (Wildman–Crippen MR) is 292 cm³/mol. The Bertz CT molecular complexity index is 1950. The number of aliphatic hydroxyl groups is 4. The van der Waals surface area contributed by atoms with E-state index in [1.807, 2.05) is 9.80 Å². The SMILES string of the molecule is CCCCN(CCCC)c1ccc([N+](=C2C=CC(N(c3ccc(N(CC(C)O)CC(C)O)cc3)c3ccc(N(CC(C)O)CC(C)O)cc3)C=C2)c2ccc(N(CCCC)CCCC)cc2)cc1. The molecule has 68 heavy (non-hydrogen) atoms. The van der Waals surface area contributed by atoms with Crippen LogP contribution in [-0.4, -0.2) is 109 Å². The molecule has 5 rings (SSSR count). The van der Waals surface area contributed by atoms with Crippen LogP contribution in [0.2, 0.25) is 0 Å². The standard InChI is InChI=1S/C58H85N6O4/c1-9-13-37-59(38-14-10-2)49-17-25-53(26-18-49)63(54-27-19-50(20-28-54)60(39-15-11-3)40-16-12-4)57-33-35-58(36-34-57)64(55-29-21-51(22-30-55)61(41-45(5)65)42-46(6)66)56-31-23-52(24-32-56)62(43-47(7)67)44-48(8)68/h17-36,45-48,58,65-68H,9-16,37-44H2,1-8H3/q+1. The van der Waals surface area contributed by atoms with Crippen LogP contribution >= 0.6 is 0 Å². The highest BCUT2D eigenvalue weighted by molar-refractivity contribution is 6.08. The number of nitrogens with zero attached hydrogens (tertiary/aromatic N) is 6. The van der Waals surface area contributed by atoms with Crippen molar-refractivity contribution in [2.24, 2.45) is 0 Å². The van der Waals surface area contributed by atoms with Crippen LogP contribution in [0.1, 0.15) is 107 Å². The van der Waals surface area contributed by atoms with E-state index in [2.05, 4.69) is 168 Å². The van der Waals surface area contributed by atoms with Gasteiger partial charge in [-0.25, -0.2) is 0 Å². The zero-order chi connectivity index (χ0) is 49.0. The first kappa shape index (κ1) is 53.8. The van der Waals surface area contributed by atoms with Gasteiger partial charge in [0.2, 0.25) is 17.1 Å². The van der Waals surface area contributed by atoms with Crippen molar-refractivity contribution in [2.75, 3.05) is 76.9 Å². The predicted octanol–water partition coefficient (Wildman–Crippen LogP) is 11.2. The lowest BCUT2D eigenvalue weighted by molar-refractivity contribution is 0.177. The molecule has 1 aliphatic carbocycles. The van der Waals surface area contributed by atoms with Gasteiger partial charge in [0, 0.05) is 123 Å². The molecule has 10 nitrogen and oxygen atoms in total. The number of aliphatic hydroxyl groups excluding tert-OH is 4. The molecule has 4 atom stereocenters. The number of allylic oxidation sites excluding steroid dienone is 2. The Kier molecular flexibility index (Phi) is 22.0. The molecule has 0 fully saturated rings. The third kappa shape index (κ3) is 16.0. The van der Waals surface area contributed by atoms with Crippen LogP contribution in [0.5, 0.6) is 0 Å². The second-order valence-corrected chi connectivity index (χ2v) is 19.0. The summed E-state index contributed by atoms with van der Waals surface area (Å²) in [7, 11) is 0. The molecule has 0 aliphatic heterocycles. The van der Waals surface area contributed by atoms with E-state index in [1.54, 1.807) is 27.7 Å². The maximum absolute atomic E-state index is 10.3. The first-order valence-electron chi connectivity index (χ1n) is 25.8. The summed E-state index contributed by atoms with van der Waals surface area (Å²) in [6.45, 7) is 22.0. The molecule has 0 bridgehead atoms. The molecule has 4 aromatic rings. The summed E-state index contributed by atoms with van der Waals surface area (Å²) < 4.78 is 2.37. The zero-order valence-electron chi connectivity index (χ0n) is 42.7. The molecule has 370 valence electrons. The fourth-order valence-electron chi connectivity index (χ4n) is 9.03. The van der Waals surface area contributed by atoms with Crippen LogP contribution < -0.4 is 29.1 Å². The summed E-state index contributed by atoms with van der Waals surface area (Å²) in [4.78, 5) is 11.4. The van der Waals surface area contributed by atoms with Crippen molar-refractivity contribution in [3.05, 3.63) is 121 Å². The molecule has 0 heterocycles. The quantitative estimate of drug-likeness (QED) is 0.0397. The molecule has 4 aromatic carbocycles. The van der Waals surface area contributed by atoms with E-state index >= 15 is 0 Å². The Hall–Kier alpha value is -5.13. The monoisotopic (exact) mass is 930 g/mol. The Morgan fingerprint density at radius 3 is 0.941 bits per heavy atom. The van der Waals surface area contributed by atoms with Crippen LogP contribution in [-0.2, 0) is 0 Å². The number of benzene rings is 4. The Balaban J connectivity index is 1.59. The van der Waals surface area contributed by atoms with Crippen molar-refractivity contribution >= 4 is 51.2 Å². The summed E-state index contributed by atoms with van der Waals surface area (Å²) in [5, 5.41) is 41.3. The van der Waals surface area contributed by atoms with Crippen molar-refractivity contribution in [3.63, 3.8) is 0 Å². The van der Waals surface area contributed by atoms with Gasteiger partial charge in [0.15, 0.2) is 0 Å². The molecule has 0 saturated heterocycles. The van der Waals surface area contributed by atoms with Gasteiger partial charge in [-0.15, -0.1) is 0 Å². The fraction of sp³-hybridized carbons (Fsp3) is 0.500. The van der Waals surface area contributed by atoms with Gasteiger partial charge in [-0.3, -0.25) is 0 Å². The smallest absolute Gasteiger partial charge is 0.211 e. The molecule has 0 amide bonds. The largest absolute Gasteiger partial charge is 0.392 e. The first-order valence-corrected chi connectivity index (χ1v) is 25.8. The number of unbranched alkanes of at least 4 members (excludes halogenated alkanes) is 4. The summed E-state index contributed by atoms with van der Waals surface area (Å²) in [6.07, 6.45) is 16.2. The second kappa shape index (κ2) is 27.8.